The molecular formula is C21H24N4O5. The molecule has 0 radical (unpaired) electrons. The van der Waals surface area contributed by atoms with E-state index in [1.165, 1.54) is 7.11 Å². The second kappa shape index (κ2) is 8.89. The highest BCUT2D eigenvalue weighted by atomic mass is 16.5. The molecule has 0 saturated carbocycles. The van der Waals surface area contributed by atoms with Crippen LogP contribution in [0, 0.1) is 13.8 Å². The molecule has 1 aromatic carbocycles. The van der Waals surface area contributed by atoms with Gasteiger partial charge in [0.15, 0.2) is 6.61 Å². The maximum absolute atomic E-state index is 12.6. The number of benzene rings is 1. The number of rotatable bonds is 8. The lowest BCUT2D eigenvalue weighted by molar-refractivity contribution is -0.140. The van der Waals surface area contributed by atoms with Crippen molar-refractivity contribution in [3.63, 3.8) is 0 Å². The van der Waals surface area contributed by atoms with Gasteiger partial charge in [-0.15, -0.1) is 5.10 Å². The zero-order valence-corrected chi connectivity index (χ0v) is 17.5. The van der Waals surface area contributed by atoms with E-state index in [-0.39, 0.29) is 24.8 Å². The Morgan fingerprint density at radius 1 is 1.13 bits per heavy atom. The first-order valence-corrected chi connectivity index (χ1v) is 9.62. The van der Waals surface area contributed by atoms with Gasteiger partial charge in [-0.05, 0) is 45.0 Å². The summed E-state index contributed by atoms with van der Waals surface area (Å²) in [6.07, 6.45) is 0.209. The number of ether oxygens (including phenoxy) is 2. The van der Waals surface area contributed by atoms with E-state index in [4.69, 9.17) is 4.74 Å². The lowest BCUT2D eigenvalue weighted by Crippen LogP contribution is -2.15. The van der Waals surface area contributed by atoms with Gasteiger partial charge in [0, 0.05) is 30.0 Å². The molecule has 0 atom stereocenters. The number of nitrogens with zero attached hydrogens (tertiary/aromatic N) is 4. The summed E-state index contributed by atoms with van der Waals surface area (Å²) in [5, 5.41) is 8.05. The van der Waals surface area contributed by atoms with Gasteiger partial charge in [0.05, 0.1) is 24.6 Å². The Kier molecular flexibility index (Phi) is 6.29. The number of hydrogen-bond donors (Lipinski definition) is 0. The Morgan fingerprint density at radius 2 is 1.90 bits per heavy atom. The van der Waals surface area contributed by atoms with Crippen LogP contribution >= 0.6 is 0 Å². The molecule has 3 rings (SSSR count). The van der Waals surface area contributed by atoms with Crippen LogP contribution in [0.25, 0.3) is 11.0 Å². The van der Waals surface area contributed by atoms with E-state index in [0.717, 1.165) is 16.9 Å². The predicted molar refractivity (Wildman–Crippen MR) is 108 cm³/mol. The summed E-state index contributed by atoms with van der Waals surface area (Å²) in [4.78, 5) is 36.4. The first-order valence-electron chi connectivity index (χ1n) is 9.62. The summed E-state index contributed by atoms with van der Waals surface area (Å²) < 4.78 is 13.5. The molecule has 30 heavy (non-hydrogen) atoms. The van der Waals surface area contributed by atoms with Crippen molar-refractivity contribution in [3.05, 3.63) is 46.8 Å². The van der Waals surface area contributed by atoms with Crippen LogP contribution in [0.1, 0.15) is 45.4 Å². The Balaban J connectivity index is 1.66. The van der Waals surface area contributed by atoms with Gasteiger partial charge in [-0.1, -0.05) is 5.21 Å². The van der Waals surface area contributed by atoms with Gasteiger partial charge in [0.2, 0.25) is 5.78 Å². The largest absolute Gasteiger partial charge is 0.469 e. The number of carbonyl (C=O) groups is 3. The molecule has 0 bridgehead atoms. The van der Waals surface area contributed by atoms with E-state index in [0.29, 0.717) is 29.7 Å². The Morgan fingerprint density at radius 3 is 2.60 bits per heavy atom. The number of carbonyl (C=O) groups excluding carboxylic acids is 3. The minimum atomic E-state index is -0.601. The van der Waals surface area contributed by atoms with Crippen LogP contribution in [-0.2, 0) is 27.4 Å². The second-order valence-electron chi connectivity index (χ2n) is 6.87. The normalized spacial score (nSPS) is 10.9. The highest BCUT2D eigenvalue weighted by Gasteiger charge is 2.19. The first-order chi connectivity index (χ1) is 14.3. The van der Waals surface area contributed by atoms with Crippen molar-refractivity contribution < 1.29 is 23.9 Å². The van der Waals surface area contributed by atoms with Crippen LogP contribution < -0.4 is 0 Å². The molecule has 2 aromatic heterocycles. The van der Waals surface area contributed by atoms with Crippen molar-refractivity contribution in [2.75, 3.05) is 13.7 Å². The first kappa shape index (κ1) is 21.2. The highest BCUT2D eigenvalue weighted by Crippen LogP contribution is 2.18. The molecule has 0 aliphatic rings. The van der Waals surface area contributed by atoms with Gasteiger partial charge < -0.3 is 14.0 Å². The monoisotopic (exact) mass is 412 g/mol. The molecule has 0 aliphatic carbocycles. The summed E-state index contributed by atoms with van der Waals surface area (Å²) in [6, 6.07) is 6.72. The van der Waals surface area contributed by atoms with Gasteiger partial charge >= 0.3 is 11.9 Å². The standard InChI is InChI=1S/C21H24N4O5/c1-5-25-18-7-6-15(11-17(18)22-23-25)21(28)30-12-19(26)16-10-13(2)24(14(16)3)9-8-20(27)29-4/h6-7,10-11H,5,8-9,12H2,1-4H3. The fraction of sp³-hybridized carbons (Fsp3) is 0.381. The Hall–Kier alpha value is -3.49. The van der Waals surface area contributed by atoms with Crippen molar-refractivity contribution in [3.8, 4) is 0 Å². The summed E-state index contributed by atoms with van der Waals surface area (Å²) in [5.41, 5.74) is 3.75. The smallest absolute Gasteiger partial charge is 0.338 e. The Labute approximate surface area is 173 Å². The number of aryl methyl sites for hydroxylation is 2. The number of fused-ring (bicyclic) bond motifs is 1. The van der Waals surface area contributed by atoms with Crippen molar-refractivity contribution in [2.24, 2.45) is 0 Å². The zero-order chi connectivity index (χ0) is 21.8. The number of esters is 2. The molecule has 0 spiro atoms. The third kappa shape index (κ3) is 4.24. The van der Waals surface area contributed by atoms with E-state index in [1.807, 2.05) is 18.4 Å². The van der Waals surface area contributed by atoms with Crippen molar-refractivity contribution in [2.45, 2.75) is 40.3 Å². The van der Waals surface area contributed by atoms with Gasteiger partial charge in [0.25, 0.3) is 0 Å². The molecule has 9 heteroatoms. The maximum Gasteiger partial charge on any atom is 0.338 e. The lowest BCUT2D eigenvalue weighted by atomic mass is 10.1. The summed E-state index contributed by atoms with van der Waals surface area (Å²) in [6.45, 7) is 6.31. The average Bonchev–Trinajstić information content (AvgIpc) is 3.29. The fourth-order valence-electron chi connectivity index (χ4n) is 3.36. The predicted octanol–water partition coefficient (Wildman–Crippen LogP) is 2.47. The average molecular weight is 412 g/mol. The molecule has 9 nitrogen and oxygen atoms in total. The van der Waals surface area contributed by atoms with Gasteiger partial charge in [-0.2, -0.15) is 0 Å². The Bertz CT molecular complexity index is 1110. The van der Waals surface area contributed by atoms with Crippen molar-refractivity contribution in [1.82, 2.24) is 19.6 Å². The summed E-state index contributed by atoms with van der Waals surface area (Å²) in [7, 11) is 1.34. The third-order valence-electron chi connectivity index (χ3n) is 5.02. The fourth-order valence-corrected chi connectivity index (χ4v) is 3.36. The summed E-state index contributed by atoms with van der Waals surface area (Å²) in [5.74, 6) is -1.23. The van der Waals surface area contributed by atoms with Crippen molar-refractivity contribution in [1.29, 1.82) is 0 Å². The van der Waals surface area contributed by atoms with Crippen LogP contribution in [-0.4, -0.2) is 51.0 Å². The SMILES string of the molecule is CCn1nnc2cc(C(=O)OCC(=O)c3cc(C)n(CCC(=O)OC)c3C)ccc21. The molecule has 0 saturated heterocycles. The topological polar surface area (TPSA) is 105 Å². The molecule has 3 aromatic rings. The third-order valence-corrected chi connectivity index (χ3v) is 5.02. The van der Waals surface area contributed by atoms with Gasteiger partial charge in [0.1, 0.15) is 5.52 Å². The minimum Gasteiger partial charge on any atom is -0.469 e. The van der Waals surface area contributed by atoms with Crippen LogP contribution in [0.5, 0.6) is 0 Å². The van der Waals surface area contributed by atoms with Crippen LogP contribution in [0.4, 0.5) is 0 Å². The second-order valence-corrected chi connectivity index (χ2v) is 6.87. The molecule has 158 valence electrons. The molecule has 2 heterocycles. The number of hydrogen-bond acceptors (Lipinski definition) is 7. The molecule has 0 amide bonds. The zero-order valence-electron chi connectivity index (χ0n) is 17.5. The maximum atomic E-state index is 12.6. The van der Waals surface area contributed by atoms with Crippen molar-refractivity contribution >= 4 is 28.8 Å². The lowest BCUT2D eigenvalue weighted by Gasteiger charge is -2.09. The molecule has 0 aliphatic heterocycles. The highest BCUT2D eigenvalue weighted by molar-refractivity contribution is 6.01. The molecule has 0 N–H and O–H groups in total. The molecule has 0 unspecified atom stereocenters. The number of Topliss-reactive ketones (excluding diaryl/α,β-unsaturated/α-hetero) is 1. The van der Waals surface area contributed by atoms with Crippen LogP contribution in [0.3, 0.4) is 0 Å². The van der Waals surface area contributed by atoms with Crippen LogP contribution in [0.15, 0.2) is 24.3 Å². The summed E-state index contributed by atoms with van der Waals surface area (Å²) >= 11 is 0. The number of aromatic nitrogens is 4. The quantitative estimate of drug-likeness (QED) is 0.413. The molecule has 0 fully saturated rings. The molecular weight excluding hydrogens is 388 g/mol. The van der Waals surface area contributed by atoms with Crippen LogP contribution in [0.2, 0.25) is 0 Å². The van der Waals surface area contributed by atoms with E-state index >= 15 is 0 Å². The minimum absolute atomic E-state index is 0.209. The van der Waals surface area contributed by atoms with Gasteiger partial charge in [-0.3, -0.25) is 9.59 Å². The van der Waals surface area contributed by atoms with Gasteiger partial charge in [-0.25, -0.2) is 9.48 Å². The van der Waals surface area contributed by atoms with E-state index in [2.05, 4.69) is 15.0 Å². The van der Waals surface area contributed by atoms with E-state index in [1.54, 1.807) is 35.9 Å². The number of ketones is 1. The number of methoxy groups -OCH3 is 1. The van der Waals surface area contributed by atoms with E-state index < -0.39 is 5.97 Å². The van der Waals surface area contributed by atoms with E-state index in [9.17, 15) is 14.4 Å².